The fourth-order valence-electron chi connectivity index (χ4n) is 3.27. The van der Waals surface area contributed by atoms with E-state index in [2.05, 4.69) is 37.3 Å². The van der Waals surface area contributed by atoms with Gasteiger partial charge in [-0.1, -0.05) is 20.8 Å². The fourth-order valence-corrected chi connectivity index (χ4v) is 4.54. The second-order valence-electron chi connectivity index (χ2n) is 7.54. The summed E-state index contributed by atoms with van der Waals surface area (Å²) in [5.41, 5.74) is 1.57. The number of thiophene rings is 1. The van der Waals surface area contributed by atoms with Crippen LogP contribution in [0.3, 0.4) is 0 Å². The summed E-state index contributed by atoms with van der Waals surface area (Å²) in [4.78, 5) is 13.4. The normalized spacial score (nSPS) is 17.0. The highest BCUT2D eigenvalue weighted by atomic mass is 32.1. The molecule has 1 N–H and O–H groups in total. The van der Waals surface area contributed by atoms with Crippen LogP contribution in [0.15, 0.2) is 12.3 Å². The maximum Gasteiger partial charge on any atom is 0.333 e. The number of carbonyl (C=O) groups excluding carboxylic acids is 1. The molecule has 0 fully saturated rings. The number of nitrogens with zero attached hydrogens (tertiary/aromatic N) is 3. The van der Waals surface area contributed by atoms with Crippen LogP contribution in [-0.4, -0.2) is 15.7 Å². The van der Waals surface area contributed by atoms with Crippen LogP contribution in [0.2, 0.25) is 0 Å². The van der Waals surface area contributed by atoms with Gasteiger partial charge in [-0.2, -0.15) is 19.1 Å². The maximum atomic E-state index is 12.6. The van der Waals surface area contributed by atoms with Crippen LogP contribution >= 0.6 is 11.3 Å². The first-order valence-electron chi connectivity index (χ1n) is 8.40. The Labute approximate surface area is 154 Å². The van der Waals surface area contributed by atoms with Crippen molar-refractivity contribution < 1.29 is 13.6 Å². The van der Waals surface area contributed by atoms with Gasteiger partial charge in [0.05, 0.1) is 5.56 Å². The predicted octanol–water partition coefficient (Wildman–Crippen LogP) is 4.61. The van der Waals surface area contributed by atoms with Gasteiger partial charge in [0.25, 0.3) is 5.91 Å². The number of fused-ring (bicyclic) bond motifs is 1. The summed E-state index contributed by atoms with van der Waals surface area (Å²) in [5.74, 6) is -0.0719. The van der Waals surface area contributed by atoms with Crippen LogP contribution < -0.4 is 5.32 Å². The summed E-state index contributed by atoms with van der Waals surface area (Å²) in [6, 6.07) is 3.42. The Morgan fingerprint density at radius 3 is 2.81 bits per heavy atom. The first-order chi connectivity index (χ1) is 12.2. The SMILES string of the molecule is CC(C)(C)[C@H]1CCc2c(sc(NC(=O)c3ccn(C(F)F)n3)c2C#N)C1. The standard InChI is InChI=1S/C18H20F2N4OS/c1-18(2,3)10-4-5-11-12(9-21)16(26-14(11)8-10)22-15(25)13-6-7-24(23-13)17(19)20/h6-7,10,17H,4-5,8H2,1-3H3,(H,22,25)/t10-/m0/s1. The fraction of sp³-hybridized carbons (Fsp3) is 0.500. The lowest BCUT2D eigenvalue weighted by Crippen LogP contribution is -2.26. The number of rotatable bonds is 3. The summed E-state index contributed by atoms with van der Waals surface area (Å²) < 4.78 is 25.6. The van der Waals surface area contributed by atoms with E-state index in [1.807, 2.05) is 0 Å². The molecule has 0 aromatic carbocycles. The van der Waals surface area contributed by atoms with Crippen molar-refractivity contribution in [2.75, 3.05) is 5.32 Å². The van der Waals surface area contributed by atoms with Gasteiger partial charge >= 0.3 is 6.55 Å². The lowest BCUT2D eigenvalue weighted by atomic mass is 9.72. The molecular formula is C18H20F2N4OS. The van der Waals surface area contributed by atoms with Gasteiger partial charge < -0.3 is 5.32 Å². The lowest BCUT2D eigenvalue weighted by Gasteiger charge is -2.33. The summed E-state index contributed by atoms with van der Waals surface area (Å²) in [6.45, 7) is 3.84. The van der Waals surface area contributed by atoms with E-state index in [1.165, 1.54) is 17.4 Å². The van der Waals surface area contributed by atoms with Crippen molar-refractivity contribution in [3.05, 3.63) is 34.0 Å². The zero-order valence-electron chi connectivity index (χ0n) is 14.8. The molecule has 0 unspecified atom stereocenters. The minimum Gasteiger partial charge on any atom is -0.311 e. The van der Waals surface area contributed by atoms with Gasteiger partial charge in [0.2, 0.25) is 0 Å². The number of amides is 1. The molecule has 0 bridgehead atoms. The molecule has 2 aromatic rings. The Hall–Kier alpha value is -2.27. The molecule has 1 aliphatic rings. The molecule has 26 heavy (non-hydrogen) atoms. The van der Waals surface area contributed by atoms with Crippen molar-refractivity contribution in [2.24, 2.45) is 11.3 Å². The van der Waals surface area contributed by atoms with Crippen molar-refractivity contribution in [3.63, 3.8) is 0 Å². The van der Waals surface area contributed by atoms with Crippen LogP contribution in [0.5, 0.6) is 0 Å². The highest BCUT2D eigenvalue weighted by Crippen LogP contribution is 2.44. The summed E-state index contributed by atoms with van der Waals surface area (Å²) in [5, 5.41) is 16.3. The summed E-state index contributed by atoms with van der Waals surface area (Å²) in [6.07, 6.45) is 3.76. The van der Waals surface area contributed by atoms with Gasteiger partial charge in [-0.05, 0) is 42.2 Å². The molecule has 3 rings (SSSR count). The Morgan fingerprint density at radius 2 is 2.23 bits per heavy atom. The molecule has 0 aliphatic heterocycles. The predicted molar refractivity (Wildman–Crippen MR) is 95.4 cm³/mol. The average molecular weight is 378 g/mol. The number of nitriles is 1. The van der Waals surface area contributed by atoms with E-state index in [0.29, 0.717) is 21.2 Å². The molecule has 0 saturated carbocycles. The van der Waals surface area contributed by atoms with E-state index in [9.17, 15) is 18.8 Å². The first kappa shape index (κ1) is 18.5. The van der Waals surface area contributed by atoms with Crippen LogP contribution in [0.4, 0.5) is 13.8 Å². The Balaban J connectivity index is 1.84. The molecule has 1 amide bonds. The summed E-state index contributed by atoms with van der Waals surface area (Å²) >= 11 is 1.41. The first-order valence-corrected chi connectivity index (χ1v) is 9.21. The zero-order chi connectivity index (χ0) is 19.1. The Bertz CT molecular complexity index is 873. The average Bonchev–Trinajstić information content (AvgIpc) is 3.17. The van der Waals surface area contributed by atoms with E-state index in [4.69, 9.17) is 0 Å². The monoisotopic (exact) mass is 378 g/mol. The van der Waals surface area contributed by atoms with Crippen molar-refractivity contribution in [1.82, 2.24) is 9.78 Å². The Kier molecular flexibility index (Phi) is 4.84. The molecular weight excluding hydrogens is 358 g/mol. The number of nitrogens with one attached hydrogen (secondary N) is 1. The van der Waals surface area contributed by atoms with Crippen molar-refractivity contribution in [2.45, 2.75) is 46.6 Å². The maximum absolute atomic E-state index is 12.6. The number of aromatic nitrogens is 2. The molecule has 138 valence electrons. The Morgan fingerprint density at radius 1 is 1.50 bits per heavy atom. The quantitative estimate of drug-likeness (QED) is 0.847. The molecule has 0 spiro atoms. The van der Waals surface area contributed by atoms with E-state index in [1.54, 1.807) is 0 Å². The minimum absolute atomic E-state index is 0.104. The molecule has 5 nitrogen and oxygen atoms in total. The van der Waals surface area contributed by atoms with Gasteiger partial charge in [-0.3, -0.25) is 4.79 Å². The van der Waals surface area contributed by atoms with Gasteiger partial charge in [0.15, 0.2) is 5.69 Å². The number of carbonyl (C=O) groups is 1. The second kappa shape index (κ2) is 6.80. The molecule has 2 aromatic heterocycles. The van der Waals surface area contributed by atoms with Crippen LogP contribution in [0.1, 0.15) is 60.2 Å². The number of halogens is 2. The van der Waals surface area contributed by atoms with Crippen LogP contribution in [0.25, 0.3) is 0 Å². The summed E-state index contributed by atoms with van der Waals surface area (Å²) in [7, 11) is 0. The van der Waals surface area contributed by atoms with Crippen LogP contribution in [0, 0.1) is 22.7 Å². The molecule has 8 heteroatoms. The lowest BCUT2D eigenvalue weighted by molar-refractivity contribution is 0.0561. The van der Waals surface area contributed by atoms with E-state index in [0.717, 1.165) is 35.9 Å². The van der Waals surface area contributed by atoms with Crippen LogP contribution in [-0.2, 0) is 12.8 Å². The zero-order valence-corrected chi connectivity index (χ0v) is 15.7. The van der Waals surface area contributed by atoms with E-state index >= 15 is 0 Å². The van der Waals surface area contributed by atoms with E-state index < -0.39 is 12.5 Å². The second-order valence-corrected chi connectivity index (χ2v) is 8.64. The van der Waals surface area contributed by atoms with Crippen molar-refractivity contribution in [1.29, 1.82) is 5.26 Å². The minimum atomic E-state index is -2.80. The van der Waals surface area contributed by atoms with Gasteiger partial charge in [0.1, 0.15) is 11.1 Å². The largest absolute Gasteiger partial charge is 0.333 e. The topological polar surface area (TPSA) is 70.7 Å². The van der Waals surface area contributed by atoms with E-state index in [-0.39, 0.29) is 11.1 Å². The molecule has 0 radical (unpaired) electrons. The number of alkyl halides is 2. The smallest absolute Gasteiger partial charge is 0.311 e. The molecule has 2 heterocycles. The highest BCUT2D eigenvalue weighted by Gasteiger charge is 2.32. The van der Waals surface area contributed by atoms with Gasteiger partial charge in [-0.25, -0.2) is 4.68 Å². The third-order valence-corrected chi connectivity index (χ3v) is 6.04. The third kappa shape index (κ3) is 3.49. The number of hydrogen-bond acceptors (Lipinski definition) is 4. The molecule has 0 saturated heterocycles. The number of hydrogen-bond donors (Lipinski definition) is 1. The number of anilines is 1. The van der Waals surface area contributed by atoms with Gasteiger partial charge in [-0.15, -0.1) is 11.3 Å². The van der Waals surface area contributed by atoms with Crippen molar-refractivity contribution in [3.8, 4) is 6.07 Å². The highest BCUT2D eigenvalue weighted by molar-refractivity contribution is 7.16. The third-order valence-electron chi connectivity index (χ3n) is 4.87. The van der Waals surface area contributed by atoms with Gasteiger partial charge in [0, 0.05) is 11.1 Å². The molecule has 1 atom stereocenters. The molecule has 1 aliphatic carbocycles. The van der Waals surface area contributed by atoms with Crippen molar-refractivity contribution >= 4 is 22.2 Å².